The van der Waals surface area contributed by atoms with E-state index in [1.165, 1.54) is 0 Å². The average molecular weight is 257 g/mol. The molecule has 1 rings (SSSR count). The van der Waals surface area contributed by atoms with Gasteiger partial charge in [0.2, 0.25) is 11.8 Å². The van der Waals surface area contributed by atoms with Gasteiger partial charge in [0.05, 0.1) is 0 Å². The Balaban J connectivity index is 2.36. The molecule has 7 heteroatoms. The van der Waals surface area contributed by atoms with Crippen LogP contribution in [0.25, 0.3) is 0 Å². The first-order chi connectivity index (χ1) is 8.49. The molecule has 0 bridgehead atoms. The average Bonchev–Trinajstić information content (AvgIpc) is 2.76. The van der Waals surface area contributed by atoms with Gasteiger partial charge in [-0.2, -0.15) is 0 Å². The van der Waals surface area contributed by atoms with E-state index in [1.54, 1.807) is 0 Å². The van der Waals surface area contributed by atoms with E-state index in [1.807, 2.05) is 0 Å². The summed E-state index contributed by atoms with van der Waals surface area (Å²) >= 11 is 0. The maximum absolute atomic E-state index is 11.6. The lowest BCUT2D eigenvalue weighted by Gasteiger charge is -2.15. The third-order valence-electron chi connectivity index (χ3n) is 2.95. The molecule has 2 unspecified atom stereocenters. The lowest BCUT2D eigenvalue weighted by atomic mass is 10.0. The van der Waals surface area contributed by atoms with E-state index in [9.17, 15) is 14.4 Å². The lowest BCUT2D eigenvalue weighted by Crippen LogP contribution is -2.42. The lowest BCUT2D eigenvalue weighted by molar-refractivity contribution is -0.142. The van der Waals surface area contributed by atoms with E-state index >= 15 is 0 Å². The second-order valence-electron chi connectivity index (χ2n) is 4.53. The Bertz CT molecular complexity index is 326. The predicted molar refractivity (Wildman–Crippen MR) is 63.6 cm³/mol. The topological polar surface area (TPSA) is 122 Å². The van der Waals surface area contributed by atoms with Crippen LogP contribution in [0, 0.1) is 5.92 Å². The Labute approximate surface area is 105 Å². The SMILES string of the molecule is NC(=O)CCC(NC(=O)CC1CCNC1)C(=O)O. The van der Waals surface area contributed by atoms with E-state index in [0.29, 0.717) is 6.42 Å². The zero-order chi connectivity index (χ0) is 13.5. The number of carboxylic acid groups (broad SMARTS) is 1. The van der Waals surface area contributed by atoms with Crippen molar-refractivity contribution in [2.75, 3.05) is 13.1 Å². The van der Waals surface area contributed by atoms with Gasteiger partial charge in [-0.1, -0.05) is 0 Å². The maximum Gasteiger partial charge on any atom is 0.326 e. The molecule has 1 aliphatic rings. The van der Waals surface area contributed by atoms with E-state index < -0.39 is 17.9 Å². The second-order valence-corrected chi connectivity index (χ2v) is 4.53. The summed E-state index contributed by atoms with van der Waals surface area (Å²) < 4.78 is 0. The number of aliphatic carboxylic acids is 1. The molecular weight excluding hydrogens is 238 g/mol. The Morgan fingerprint density at radius 3 is 2.67 bits per heavy atom. The molecule has 1 fully saturated rings. The molecule has 102 valence electrons. The fourth-order valence-corrected chi connectivity index (χ4v) is 1.95. The van der Waals surface area contributed by atoms with Crippen LogP contribution >= 0.6 is 0 Å². The Kier molecular flexibility index (Phi) is 5.57. The van der Waals surface area contributed by atoms with Gasteiger partial charge in [-0.3, -0.25) is 9.59 Å². The molecule has 18 heavy (non-hydrogen) atoms. The van der Waals surface area contributed by atoms with Gasteiger partial charge < -0.3 is 21.5 Å². The van der Waals surface area contributed by atoms with E-state index in [2.05, 4.69) is 10.6 Å². The molecule has 2 amide bonds. The van der Waals surface area contributed by atoms with Crippen molar-refractivity contribution >= 4 is 17.8 Å². The number of amides is 2. The third-order valence-corrected chi connectivity index (χ3v) is 2.95. The van der Waals surface area contributed by atoms with Crippen LogP contribution in [-0.4, -0.2) is 42.0 Å². The van der Waals surface area contributed by atoms with Gasteiger partial charge in [0.15, 0.2) is 0 Å². The molecule has 0 saturated carbocycles. The van der Waals surface area contributed by atoms with E-state index in [4.69, 9.17) is 10.8 Å². The highest BCUT2D eigenvalue weighted by molar-refractivity contribution is 5.84. The molecule has 1 saturated heterocycles. The monoisotopic (exact) mass is 257 g/mol. The maximum atomic E-state index is 11.6. The van der Waals surface area contributed by atoms with Crippen LogP contribution in [-0.2, 0) is 14.4 Å². The van der Waals surface area contributed by atoms with E-state index in [0.717, 1.165) is 19.5 Å². The zero-order valence-corrected chi connectivity index (χ0v) is 10.1. The molecule has 7 nitrogen and oxygen atoms in total. The summed E-state index contributed by atoms with van der Waals surface area (Å²) in [6.45, 7) is 1.68. The Morgan fingerprint density at radius 2 is 2.17 bits per heavy atom. The predicted octanol–water partition coefficient (Wildman–Crippen LogP) is -1.18. The summed E-state index contributed by atoms with van der Waals surface area (Å²) in [6.07, 6.45) is 1.21. The number of nitrogens with two attached hydrogens (primary N) is 1. The Hall–Kier alpha value is -1.63. The number of carbonyl (C=O) groups is 3. The summed E-state index contributed by atoms with van der Waals surface area (Å²) in [5, 5.41) is 14.5. The smallest absolute Gasteiger partial charge is 0.326 e. The minimum absolute atomic E-state index is 0.0271. The van der Waals surface area contributed by atoms with Crippen molar-refractivity contribution in [1.82, 2.24) is 10.6 Å². The highest BCUT2D eigenvalue weighted by Crippen LogP contribution is 2.12. The van der Waals surface area contributed by atoms with Crippen molar-refractivity contribution in [3.63, 3.8) is 0 Å². The van der Waals surface area contributed by atoms with Crippen LogP contribution in [0.1, 0.15) is 25.7 Å². The summed E-state index contributed by atoms with van der Waals surface area (Å²) in [5.74, 6) is -1.75. The quantitative estimate of drug-likeness (QED) is 0.457. The summed E-state index contributed by atoms with van der Waals surface area (Å²) in [6, 6.07) is -1.04. The number of carbonyl (C=O) groups excluding carboxylic acids is 2. The van der Waals surface area contributed by atoms with Crippen molar-refractivity contribution in [2.45, 2.75) is 31.7 Å². The second kappa shape index (κ2) is 6.95. The number of carboxylic acids is 1. The number of hydrogen-bond acceptors (Lipinski definition) is 4. The van der Waals surface area contributed by atoms with Crippen LogP contribution in [0.5, 0.6) is 0 Å². The molecule has 0 spiro atoms. The molecule has 2 atom stereocenters. The molecule has 0 aromatic rings. The number of hydrogen-bond donors (Lipinski definition) is 4. The van der Waals surface area contributed by atoms with Gasteiger partial charge >= 0.3 is 5.97 Å². The molecule has 0 aromatic heterocycles. The van der Waals surface area contributed by atoms with Crippen molar-refractivity contribution in [1.29, 1.82) is 0 Å². The molecule has 1 heterocycles. The fraction of sp³-hybridized carbons (Fsp3) is 0.727. The van der Waals surface area contributed by atoms with Crippen LogP contribution in [0.3, 0.4) is 0 Å². The van der Waals surface area contributed by atoms with Gasteiger partial charge in [0.1, 0.15) is 6.04 Å². The summed E-state index contributed by atoms with van der Waals surface area (Å²) in [4.78, 5) is 33.1. The highest BCUT2D eigenvalue weighted by Gasteiger charge is 2.23. The fourth-order valence-electron chi connectivity index (χ4n) is 1.95. The van der Waals surface area contributed by atoms with Gasteiger partial charge in [0, 0.05) is 12.8 Å². The Morgan fingerprint density at radius 1 is 1.44 bits per heavy atom. The number of primary amides is 1. The molecule has 5 N–H and O–H groups in total. The minimum Gasteiger partial charge on any atom is -0.480 e. The van der Waals surface area contributed by atoms with Gasteiger partial charge in [0.25, 0.3) is 0 Å². The molecule has 0 radical (unpaired) electrons. The molecule has 0 aliphatic carbocycles. The van der Waals surface area contributed by atoms with Crippen LogP contribution in [0.2, 0.25) is 0 Å². The van der Waals surface area contributed by atoms with Gasteiger partial charge in [-0.25, -0.2) is 4.79 Å². The normalized spacial score (nSPS) is 20.3. The molecule has 1 aliphatic heterocycles. The van der Waals surface area contributed by atoms with Crippen LogP contribution in [0.15, 0.2) is 0 Å². The largest absolute Gasteiger partial charge is 0.480 e. The highest BCUT2D eigenvalue weighted by atomic mass is 16.4. The van der Waals surface area contributed by atoms with Gasteiger partial charge in [-0.05, 0) is 31.8 Å². The van der Waals surface area contributed by atoms with Crippen molar-refractivity contribution in [2.24, 2.45) is 11.7 Å². The molecular formula is C11H19N3O4. The van der Waals surface area contributed by atoms with Crippen LogP contribution < -0.4 is 16.4 Å². The first-order valence-electron chi connectivity index (χ1n) is 6.00. The third kappa shape index (κ3) is 5.13. The molecule has 0 aromatic carbocycles. The van der Waals surface area contributed by atoms with E-state index in [-0.39, 0.29) is 24.7 Å². The summed E-state index contributed by atoms with van der Waals surface area (Å²) in [5.41, 5.74) is 4.95. The first kappa shape index (κ1) is 14.4. The number of rotatable bonds is 7. The summed E-state index contributed by atoms with van der Waals surface area (Å²) in [7, 11) is 0. The first-order valence-corrected chi connectivity index (χ1v) is 6.00. The number of nitrogens with one attached hydrogen (secondary N) is 2. The van der Waals surface area contributed by atoms with Crippen molar-refractivity contribution in [3.8, 4) is 0 Å². The van der Waals surface area contributed by atoms with Crippen LogP contribution in [0.4, 0.5) is 0 Å². The standard InChI is InChI=1S/C11H19N3O4/c12-9(15)2-1-8(11(17)18)14-10(16)5-7-3-4-13-6-7/h7-8,13H,1-6H2,(H2,12,15)(H,14,16)(H,17,18). The van der Waals surface area contributed by atoms with Gasteiger partial charge in [-0.15, -0.1) is 0 Å². The minimum atomic E-state index is -1.14. The zero-order valence-electron chi connectivity index (χ0n) is 10.1. The van der Waals surface area contributed by atoms with Crippen molar-refractivity contribution in [3.05, 3.63) is 0 Å². The van der Waals surface area contributed by atoms with Crippen molar-refractivity contribution < 1.29 is 19.5 Å².